The highest BCUT2D eigenvalue weighted by atomic mass is 16.5. The summed E-state index contributed by atoms with van der Waals surface area (Å²) in [5, 5.41) is 5.56. The van der Waals surface area contributed by atoms with Gasteiger partial charge in [0.1, 0.15) is 6.04 Å². The maximum absolute atomic E-state index is 11.7. The predicted molar refractivity (Wildman–Crippen MR) is 77.1 cm³/mol. The van der Waals surface area contributed by atoms with Gasteiger partial charge in [0.25, 0.3) is 0 Å². The highest BCUT2D eigenvalue weighted by Gasteiger charge is 2.18. The quantitative estimate of drug-likeness (QED) is 0.836. The van der Waals surface area contributed by atoms with Gasteiger partial charge >= 0.3 is 5.97 Å². The van der Waals surface area contributed by atoms with Crippen molar-refractivity contribution >= 4 is 16.7 Å². The molecule has 1 atom stereocenters. The molecule has 0 radical (unpaired) electrons. The number of likely N-dealkylation sites (N-methyl/N-ethyl adjacent to an activating group) is 1. The van der Waals surface area contributed by atoms with Crippen molar-refractivity contribution in [1.82, 2.24) is 5.32 Å². The summed E-state index contributed by atoms with van der Waals surface area (Å²) in [4.78, 5) is 11.7. The fraction of sp³-hybridized carbons (Fsp3) is 0.312. The highest BCUT2D eigenvalue weighted by molar-refractivity contribution is 5.83. The zero-order valence-corrected chi connectivity index (χ0v) is 11.3. The number of methoxy groups -OCH3 is 1. The Labute approximate surface area is 113 Å². The van der Waals surface area contributed by atoms with E-state index in [0.717, 1.165) is 12.1 Å². The fourth-order valence-electron chi connectivity index (χ4n) is 2.23. The van der Waals surface area contributed by atoms with Crippen LogP contribution < -0.4 is 5.32 Å². The molecule has 0 aliphatic rings. The zero-order chi connectivity index (χ0) is 13.7. The molecule has 0 fully saturated rings. The van der Waals surface area contributed by atoms with Crippen molar-refractivity contribution in [3.63, 3.8) is 0 Å². The summed E-state index contributed by atoms with van der Waals surface area (Å²) in [6, 6.07) is 14.2. The Morgan fingerprint density at radius 2 is 1.95 bits per heavy atom. The second-order valence-electron chi connectivity index (χ2n) is 4.52. The lowest BCUT2D eigenvalue weighted by Crippen LogP contribution is -2.39. The Hall–Kier alpha value is -1.87. The molecule has 3 nitrogen and oxygen atoms in total. The second kappa shape index (κ2) is 6.34. The number of esters is 1. The molecule has 3 heteroatoms. The Morgan fingerprint density at radius 1 is 1.21 bits per heavy atom. The normalized spacial score (nSPS) is 12.3. The number of nitrogens with one attached hydrogen (secondary N) is 1. The fourth-order valence-corrected chi connectivity index (χ4v) is 2.23. The van der Waals surface area contributed by atoms with Crippen LogP contribution in [-0.2, 0) is 16.0 Å². The Kier molecular flexibility index (Phi) is 4.53. The SMILES string of the molecule is CCNC(Cc1ccc2ccccc2c1)C(=O)OC. The third-order valence-electron chi connectivity index (χ3n) is 3.19. The molecule has 0 aromatic heterocycles. The van der Waals surface area contributed by atoms with Crippen molar-refractivity contribution in [2.24, 2.45) is 0 Å². The number of carbonyl (C=O) groups is 1. The lowest BCUT2D eigenvalue weighted by atomic mass is 10.0. The number of benzene rings is 2. The lowest BCUT2D eigenvalue weighted by molar-refractivity contribution is -0.143. The number of hydrogen-bond acceptors (Lipinski definition) is 3. The van der Waals surface area contributed by atoms with E-state index in [2.05, 4.69) is 35.6 Å². The minimum absolute atomic E-state index is 0.213. The highest BCUT2D eigenvalue weighted by Crippen LogP contribution is 2.16. The smallest absolute Gasteiger partial charge is 0.323 e. The Balaban J connectivity index is 2.21. The van der Waals surface area contributed by atoms with Crippen LogP contribution >= 0.6 is 0 Å². The summed E-state index contributed by atoms with van der Waals surface area (Å²) in [5.74, 6) is -0.213. The molecule has 0 spiro atoms. The van der Waals surface area contributed by atoms with Gasteiger partial charge in [-0.25, -0.2) is 0 Å². The first kappa shape index (κ1) is 13.6. The van der Waals surface area contributed by atoms with Crippen LogP contribution in [0, 0.1) is 0 Å². The molecule has 1 N–H and O–H groups in total. The van der Waals surface area contributed by atoms with Gasteiger partial charge in [-0.15, -0.1) is 0 Å². The van der Waals surface area contributed by atoms with Crippen molar-refractivity contribution in [1.29, 1.82) is 0 Å². The molecule has 0 bridgehead atoms. The van der Waals surface area contributed by atoms with Crippen LogP contribution in [0.3, 0.4) is 0 Å². The van der Waals surface area contributed by atoms with Crippen LogP contribution in [-0.4, -0.2) is 25.7 Å². The molecular formula is C16H19NO2. The predicted octanol–water partition coefficient (Wildman–Crippen LogP) is 2.53. The first-order valence-electron chi connectivity index (χ1n) is 6.53. The van der Waals surface area contributed by atoms with Crippen LogP contribution in [0.15, 0.2) is 42.5 Å². The molecule has 2 aromatic rings. The zero-order valence-electron chi connectivity index (χ0n) is 11.3. The average Bonchev–Trinajstić information content (AvgIpc) is 2.46. The van der Waals surface area contributed by atoms with E-state index in [-0.39, 0.29) is 12.0 Å². The van der Waals surface area contributed by atoms with E-state index in [4.69, 9.17) is 4.74 Å². The molecule has 2 aromatic carbocycles. The van der Waals surface area contributed by atoms with Gasteiger partial charge in [0.15, 0.2) is 0 Å². The molecule has 0 saturated heterocycles. The molecule has 19 heavy (non-hydrogen) atoms. The molecule has 1 unspecified atom stereocenters. The van der Waals surface area contributed by atoms with E-state index in [9.17, 15) is 4.79 Å². The largest absolute Gasteiger partial charge is 0.468 e. The van der Waals surface area contributed by atoms with Crippen LogP contribution in [0.4, 0.5) is 0 Å². The van der Waals surface area contributed by atoms with Gasteiger partial charge in [-0.1, -0.05) is 49.4 Å². The van der Waals surface area contributed by atoms with Gasteiger partial charge in [0.2, 0.25) is 0 Å². The molecule has 0 aliphatic carbocycles. The van der Waals surface area contributed by atoms with E-state index in [1.54, 1.807) is 0 Å². The van der Waals surface area contributed by atoms with E-state index >= 15 is 0 Å². The standard InChI is InChI=1S/C16H19NO2/c1-3-17-15(16(18)19-2)11-12-8-9-13-6-4-5-7-14(13)10-12/h4-10,15,17H,3,11H2,1-2H3. The maximum Gasteiger partial charge on any atom is 0.323 e. The van der Waals surface area contributed by atoms with Crippen molar-refractivity contribution in [2.75, 3.05) is 13.7 Å². The molecule has 0 heterocycles. The first-order chi connectivity index (χ1) is 9.24. The summed E-state index contributed by atoms with van der Waals surface area (Å²) in [5.41, 5.74) is 1.13. The summed E-state index contributed by atoms with van der Waals surface area (Å²) in [7, 11) is 1.42. The van der Waals surface area contributed by atoms with E-state index in [1.807, 2.05) is 19.1 Å². The molecule has 0 amide bonds. The van der Waals surface area contributed by atoms with Crippen LogP contribution in [0.2, 0.25) is 0 Å². The van der Waals surface area contributed by atoms with Crippen LogP contribution in [0.25, 0.3) is 10.8 Å². The Morgan fingerprint density at radius 3 is 2.63 bits per heavy atom. The van der Waals surface area contributed by atoms with Gasteiger partial charge in [-0.2, -0.15) is 0 Å². The molecular weight excluding hydrogens is 238 g/mol. The summed E-state index contributed by atoms with van der Waals surface area (Å²) in [6.07, 6.45) is 0.644. The second-order valence-corrected chi connectivity index (χ2v) is 4.52. The summed E-state index contributed by atoms with van der Waals surface area (Å²) >= 11 is 0. The summed E-state index contributed by atoms with van der Waals surface area (Å²) < 4.78 is 4.82. The van der Waals surface area contributed by atoms with Gasteiger partial charge in [-0.05, 0) is 29.3 Å². The number of hydrogen-bond donors (Lipinski definition) is 1. The van der Waals surface area contributed by atoms with E-state index in [1.165, 1.54) is 17.9 Å². The van der Waals surface area contributed by atoms with Crippen LogP contribution in [0.5, 0.6) is 0 Å². The number of ether oxygens (including phenoxy) is 1. The average molecular weight is 257 g/mol. The molecule has 0 aliphatic heterocycles. The number of rotatable bonds is 5. The number of fused-ring (bicyclic) bond motifs is 1. The van der Waals surface area contributed by atoms with Gasteiger partial charge < -0.3 is 10.1 Å². The minimum Gasteiger partial charge on any atom is -0.468 e. The third-order valence-corrected chi connectivity index (χ3v) is 3.19. The first-order valence-corrected chi connectivity index (χ1v) is 6.53. The lowest BCUT2D eigenvalue weighted by Gasteiger charge is -2.15. The Bertz CT molecular complexity index is 565. The maximum atomic E-state index is 11.7. The monoisotopic (exact) mass is 257 g/mol. The van der Waals surface area contributed by atoms with E-state index in [0.29, 0.717) is 6.42 Å². The van der Waals surface area contributed by atoms with Crippen molar-refractivity contribution in [2.45, 2.75) is 19.4 Å². The third kappa shape index (κ3) is 3.32. The van der Waals surface area contributed by atoms with Crippen molar-refractivity contribution in [3.05, 3.63) is 48.0 Å². The minimum atomic E-state index is -0.281. The van der Waals surface area contributed by atoms with Crippen LogP contribution in [0.1, 0.15) is 12.5 Å². The number of carbonyl (C=O) groups excluding carboxylic acids is 1. The van der Waals surface area contributed by atoms with Gasteiger partial charge in [-0.3, -0.25) is 4.79 Å². The van der Waals surface area contributed by atoms with Crippen molar-refractivity contribution < 1.29 is 9.53 Å². The molecule has 100 valence electrons. The molecule has 0 saturated carbocycles. The molecule has 2 rings (SSSR count). The van der Waals surface area contributed by atoms with Gasteiger partial charge in [0, 0.05) is 0 Å². The van der Waals surface area contributed by atoms with E-state index < -0.39 is 0 Å². The van der Waals surface area contributed by atoms with Gasteiger partial charge in [0.05, 0.1) is 7.11 Å². The topological polar surface area (TPSA) is 38.3 Å². The van der Waals surface area contributed by atoms with Crippen molar-refractivity contribution in [3.8, 4) is 0 Å². The summed E-state index contributed by atoms with van der Waals surface area (Å²) in [6.45, 7) is 2.73.